The van der Waals surface area contributed by atoms with Gasteiger partial charge in [0.05, 0.1) is 6.61 Å². The first kappa shape index (κ1) is 22.6. The molecule has 6 N–H and O–H groups in total. The molecule has 11 nitrogen and oxygen atoms in total. The van der Waals surface area contributed by atoms with Gasteiger partial charge < -0.3 is 30.4 Å². The molecule has 0 saturated carbocycles. The van der Waals surface area contributed by atoms with Crippen LogP contribution in [0.3, 0.4) is 0 Å². The Morgan fingerprint density at radius 1 is 1.36 bits per heavy atom. The summed E-state index contributed by atoms with van der Waals surface area (Å²) in [6.07, 6.45) is -2.89. The van der Waals surface area contributed by atoms with Gasteiger partial charge in [0, 0.05) is 12.3 Å². The summed E-state index contributed by atoms with van der Waals surface area (Å²) in [6.45, 7) is 1.03. The van der Waals surface area contributed by atoms with Crippen LogP contribution in [0.25, 0.3) is 0 Å². The molecule has 1 saturated heterocycles. The van der Waals surface area contributed by atoms with Crippen molar-refractivity contribution < 1.29 is 34.8 Å². The molecule has 160 valence electrons. The molecule has 12 heteroatoms. The Hall–Kier alpha value is -1.67. The number of ether oxygens (including phenoxy) is 1. The fraction of sp³-hybridized carbons (Fsp3) is 0.750. The number of alkyl halides is 1. The van der Waals surface area contributed by atoms with Crippen LogP contribution in [0.1, 0.15) is 39.0 Å². The highest BCUT2D eigenvalue weighted by atomic mass is 19.1. The fourth-order valence-electron chi connectivity index (χ4n) is 3.20. The number of aliphatic hydroxyl groups is 4. The van der Waals surface area contributed by atoms with E-state index >= 15 is 0 Å². The first-order chi connectivity index (χ1) is 13.1. The largest absolute Gasteiger partial charge is 0.394 e. The van der Waals surface area contributed by atoms with Crippen molar-refractivity contribution in [1.29, 1.82) is 0 Å². The number of unbranched alkanes of at least 4 members (excludes halogenated alkanes) is 3. The molecule has 1 aliphatic heterocycles. The number of aliphatic hydroxyl groups excluding tert-OH is 2. The van der Waals surface area contributed by atoms with Gasteiger partial charge in [-0.25, -0.2) is 13.8 Å². The molecule has 1 fully saturated rings. The second kappa shape index (κ2) is 8.78. The van der Waals surface area contributed by atoms with Gasteiger partial charge >= 0.3 is 11.6 Å². The predicted octanol–water partition coefficient (Wildman–Crippen LogP) is -1.46. The van der Waals surface area contributed by atoms with Crippen molar-refractivity contribution >= 4 is 0 Å². The minimum absolute atomic E-state index is 0.244. The summed E-state index contributed by atoms with van der Waals surface area (Å²) in [5.41, 5.74) is -5.36. The van der Waals surface area contributed by atoms with Crippen molar-refractivity contribution in [3.8, 4) is 0 Å². The van der Waals surface area contributed by atoms with Crippen LogP contribution in [0, 0.1) is 0 Å². The molecule has 1 aromatic rings. The van der Waals surface area contributed by atoms with Gasteiger partial charge in [0.1, 0.15) is 12.2 Å². The molecule has 5 atom stereocenters. The van der Waals surface area contributed by atoms with Crippen molar-refractivity contribution in [3.63, 3.8) is 0 Å². The van der Waals surface area contributed by atoms with E-state index in [0.717, 1.165) is 25.1 Å². The SMILES string of the molecule is CCCCCCC(F)N(O)[C@@]1(O)[C@H](O)[C@@H](CO)O[C@@]1(O)n1ccc(=O)[nH]c1=O. The maximum absolute atomic E-state index is 14.6. The van der Waals surface area contributed by atoms with Gasteiger partial charge in [0.2, 0.25) is 5.72 Å². The molecule has 0 amide bonds. The van der Waals surface area contributed by atoms with E-state index in [1.54, 1.807) is 4.98 Å². The molecule has 2 heterocycles. The van der Waals surface area contributed by atoms with E-state index in [2.05, 4.69) is 0 Å². The zero-order valence-electron chi connectivity index (χ0n) is 15.4. The lowest BCUT2D eigenvalue weighted by molar-refractivity contribution is -0.428. The summed E-state index contributed by atoms with van der Waals surface area (Å²) < 4.78 is 19.9. The Bertz CT molecular complexity index is 773. The smallest absolute Gasteiger partial charge is 0.332 e. The quantitative estimate of drug-likeness (QED) is 0.124. The van der Waals surface area contributed by atoms with E-state index in [-0.39, 0.29) is 16.1 Å². The minimum Gasteiger partial charge on any atom is -0.394 e. The van der Waals surface area contributed by atoms with Crippen molar-refractivity contribution in [2.75, 3.05) is 6.61 Å². The van der Waals surface area contributed by atoms with Crippen LogP contribution in [0.5, 0.6) is 0 Å². The van der Waals surface area contributed by atoms with Crippen LogP contribution in [-0.4, -0.2) is 71.1 Å². The number of hydrogen-bond acceptors (Lipinski definition) is 9. The van der Waals surface area contributed by atoms with E-state index in [4.69, 9.17) is 4.74 Å². The zero-order chi connectivity index (χ0) is 21.1. The number of H-pyrrole nitrogens is 1. The van der Waals surface area contributed by atoms with Crippen LogP contribution >= 0.6 is 0 Å². The summed E-state index contributed by atoms with van der Waals surface area (Å²) in [7, 11) is 0. The number of halogens is 1. The average molecular weight is 407 g/mol. The number of rotatable bonds is 9. The molecular formula is C16H26FN3O8. The third-order valence-electron chi connectivity index (χ3n) is 4.80. The molecule has 2 rings (SSSR count). The molecule has 1 unspecified atom stereocenters. The highest BCUT2D eigenvalue weighted by molar-refractivity contribution is 5.05. The fourth-order valence-corrected chi connectivity index (χ4v) is 3.20. The lowest BCUT2D eigenvalue weighted by atomic mass is 10.00. The number of hydroxylamine groups is 2. The van der Waals surface area contributed by atoms with Gasteiger partial charge in [-0.3, -0.25) is 9.78 Å². The van der Waals surface area contributed by atoms with Crippen molar-refractivity contribution in [2.24, 2.45) is 0 Å². The van der Waals surface area contributed by atoms with Gasteiger partial charge in [0.25, 0.3) is 5.56 Å². The topological polar surface area (TPSA) is 168 Å². The van der Waals surface area contributed by atoms with Crippen LogP contribution in [0.2, 0.25) is 0 Å². The third kappa shape index (κ3) is 3.76. The highest BCUT2D eigenvalue weighted by Crippen LogP contribution is 2.44. The third-order valence-corrected chi connectivity index (χ3v) is 4.80. The minimum atomic E-state index is -3.27. The Balaban J connectivity index is 2.43. The van der Waals surface area contributed by atoms with Crippen LogP contribution < -0.4 is 11.2 Å². The molecule has 0 spiro atoms. The normalized spacial score (nSPS) is 31.4. The summed E-state index contributed by atoms with van der Waals surface area (Å²) in [5.74, 6) is -3.22. The van der Waals surface area contributed by atoms with Crippen molar-refractivity contribution in [2.45, 2.75) is 69.2 Å². The van der Waals surface area contributed by atoms with E-state index in [1.165, 1.54) is 0 Å². The Morgan fingerprint density at radius 3 is 2.61 bits per heavy atom. The molecule has 0 aromatic carbocycles. The average Bonchev–Trinajstić information content (AvgIpc) is 2.86. The molecule has 1 aromatic heterocycles. The predicted molar refractivity (Wildman–Crippen MR) is 91.7 cm³/mol. The van der Waals surface area contributed by atoms with E-state index < -0.39 is 48.0 Å². The molecular weight excluding hydrogens is 381 g/mol. The molecule has 0 aliphatic carbocycles. The van der Waals surface area contributed by atoms with E-state index in [0.29, 0.717) is 12.8 Å². The van der Waals surface area contributed by atoms with Gasteiger partial charge in [-0.2, -0.15) is 0 Å². The first-order valence-corrected chi connectivity index (χ1v) is 8.99. The number of hydrogen-bond donors (Lipinski definition) is 6. The Labute approximate surface area is 159 Å². The zero-order valence-corrected chi connectivity index (χ0v) is 15.4. The van der Waals surface area contributed by atoms with E-state index in [1.807, 2.05) is 6.92 Å². The van der Waals surface area contributed by atoms with Crippen molar-refractivity contribution in [3.05, 3.63) is 33.1 Å². The lowest BCUT2D eigenvalue weighted by Gasteiger charge is -2.43. The monoisotopic (exact) mass is 407 g/mol. The van der Waals surface area contributed by atoms with Gasteiger partial charge in [0.15, 0.2) is 6.30 Å². The second-order valence-corrected chi connectivity index (χ2v) is 6.73. The molecule has 0 bridgehead atoms. The molecule has 0 radical (unpaired) electrons. The summed E-state index contributed by atoms with van der Waals surface area (Å²) in [6, 6.07) is 0.807. The van der Waals surface area contributed by atoms with E-state index in [9.17, 15) is 39.6 Å². The standard InChI is InChI=1S/C16H26FN3O8/c1-2-3-4-5-6-11(17)20(27)15(25)13(23)10(9-21)28-16(15,26)19-8-7-12(22)18-14(19)24/h7-8,10-11,13,21,23,25-27H,2-6,9H2,1H3,(H,18,22,24)/t10-,11?,13-,15-,16-/m1/s1. The maximum Gasteiger partial charge on any atom is 0.332 e. The van der Waals surface area contributed by atoms with Crippen LogP contribution in [0.15, 0.2) is 21.9 Å². The van der Waals surface area contributed by atoms with Gasteiger partial charge in [-0.1, -0.05) is 26.2 Å². The Morgan fingerprint density at radius 2 is 2.04 bits per heavy atom. The van der Waals surface area contributed by atoms with Crippen LogP contribution in [-0.2, 0) is 10.6 Å². The van der Waals surface area contributed by atoms with Crippen molar-refractivity contribution in [1.82, 2.24) is 14.6 Å². The van der Waals surface area contributed by atoms with Crippen LogP contribution in [0.4, 0.5) is 4.39 Å². The highest BCUT2D eigenvalue weighted by Gasteiger charge is 2.71. The first-order valence-electron chi connectivity index (χ1n) is 8.99. The lowest BCUT2D eigenvalue weighted by Crippen LogP contribution is -2.69. The Kier molecular flexibility index (Phi) is 7.09. The van der Waals surface area contributed by atoms with Gasteiger partial charge in [-0.15, -0.1) is 5.06 Å². The molecule has 28 heavy (non-hydrogen) atoms. The second-order valence-electron chi connectivity index (χ2n) is 6.73. The number of aromatic amines is 1. The summed E-state index contributed by atoms with van der Waals surface area (Å²) in [5, 5.41) is 51.4. The summed E-state index contributed by atoms with van der Waals surface area (Å²) >= 11 is 0. The molecule has 1 aliphatic rings. The number of nitrogens with one attached hydrogen (secondary N) is 1. The number of nitrogens with zero attached hydrogens (tertiary/aromatic N) is 2. The van der Waals surface area contributed by atoms with Gasteiger partial charge in [-0.05, 0) is 12.8 Å². The summed E-state index contributed by atoms with van der Waals surface area (Å²) in [4.78, 5) is 25.1. The maximum atomic E-state index is 14.6. The number of aromatic nitrogens is 2.